The monoisotopic (exact) mass is 368 g/mol. The van der Waals surface area contributed by atoms with Crippen molar-refractivity contribution in [3.8, 4) is 0 Å². The number of hydrogen-bond acceptors (Lipinski definition) is 4. The van der Waals surface area contributed by atoms with Gasteiger partial charge in [-0.3, -0.25) is 4.18 Å². The van der Waals surface area contributed by atoms with Crippen molar-refractivity contribution in [1.82, 2.24) is 0 Å². The lowest BCUT2D eigenvalue weighted by Crippen LogP contribution is -2.37. The number of rotatable bonds is 9. The molecule has 0 heterocycles. The number of aliphatic hydroxyl groups excluding tert-OH is 1. The highest BCUT2D eigenvalue weighted by Gasteiger charge is 2.34. The highest BCUT2D eigenvalue weighted by Crippen LogP contribution is 2.31. The third-order valence-corrected chi connectivity index (χ3v) is 5.54. The van der Waals surface area contributed by atoms with Crippen LogP contribution < -0.4 is 0 Å². The van der Waals surface area contributed by atoms with Gasteiger partial charge >= 0.3 is 0 Å². The maximum Gasteiger partial charge on any atom is 0.297 e. The first-order chi connectivity index (χ1) is 11.5. The van der Waals surface area contributed by atoms with Crippen molar-refractivity contribution in [2.45, 2.75) is 23.2 Å². The summed E-state index contributed by atoms with van der Waals surface area (Å²) < 4.78 is 30.0. The van der Waals surface area contributed by atoms with Crippen LogP contribution in [0.2, 0.25) is 0 Å². The smallest absolute Gasteiger partial charge is 0.297 e. The summed E-state index contributed by atoms with van der Waals surface area (Å²) in [6, 6.07) is 17.3. The Morgan fingerprint density at radius 1 is 1.00 bits per heavy atom. The summed E-state index contributed by atoms with van der Waals surface area (Å²) in [6.45, 7) is -0.361. The Labute approximate surface area is 148 Å². The normalized spacial score (nSPS) is 14.2. The van der Waals surface area contributed by atoms with Crippen molar-refractivity contribution in [3.05, 3.63) is 66.2 Å². The van der Waals surface area contributed by atoms with Crippen LogP contribution in [0.4, 0.5) is 0 Å². The van der Waals surface area contributed by atoms with Gasteiger partial charge in [0.2, 0.25) is 0 Å². The number of benzene rings is 2. The fourth-order valence-corrected chi connectivity index (χ4v) is 3.70. The van der Waals surface area contributed by atoms with Crippen LogP contribution in [0.15, 0.2) is 65.6 Å². The van der Waals surface area contributed by atoms with Gasteiger partial charge < -0.3 is 5.11 Å². The van der Waals surface area contributed by atoms with Crippen molar-refractivity contribution in [1.29, 1.82) is 0 Å². The first-order valence-corrected chi connectivity index (χ1v) is 9.65. The first-order valence-electron chi connectivity index (χ1n) is 7.71. The van der Waals surface area contributed by atoms with Crippen LogP contribution in [0.3, 0.4) is 0 Å². The molecular formula is C18H21ClO4S. The molecule has 1 atom stereocenters. The Balaban J connectivity index is 2.26. The molecule has 0 aromatic heterocycles. The lowest BCUT2D eigenvalue weighted by molar-refractivity contribution is 0.124. The molecule has 24 heavy (non-hydrogen) atoms. The molecule has 2 aromatic carbocycles. The lowest BCUT2D eigenvalue weighted by Gasteiger charge is -2.32. The molecular weight excluding hydrogens is 348 g/mol. The van der Waals surface area contributed by atoms with Crippen molar-refractivity contribution in [3.63, 3.8) is 0 Å². The third-order valence-electron chi connectivity index (χ3n) is 4.00. The molecule has 130 valence electrons. The van der Waals surface area contributed by atoms with Crippen molar-refractivity contribution in [2.75, 3.05) is 19.1 Å². The molecule has 0 unspecified atom stereocenters. The topological polar surface area (TPSA) is 63.6 Å². The molecule has 2 aromatic rings. The second-order valence-corrected chi connectivity index (χ2v) is 7.62. The molecule has 4 nitrogen and oxygen atoms in total. The fourth-order valence-electron chi connectivity index (χ4n) is 2.56. The molecule has 0 saturated carbocycles. The van der Waals surface area contributed by atoms with Crippen LogP contribution >= 0.6 is 11.6 Å². The van der Waals surface area contributed by atoms with Gasteiger partial charge in [0, 0.05) is 11.3 Å². The van der Waals surface area contributed by atoms with Gasteiger partial charge in [0.05, 0.1) is 18.1 Å². The molecule has 0 bridgehead atoms. The van der Waals surface area contributed by atoms with Gasteiger partial charge in [-0.1, -0.05) is 48.5 Å². The highest BCUT2D eigenvalue weighted by molar-refractivity contribution is 7.86. The van der Waals surface area contributed by atoms with E-state index in [9.17, 15) is 13.5 Å². The summed E-state index contributed by atoms with van der Waals surface area (Å²) in [5.41, 5.74) is 0.0266. The van der Waals surface area contributed by atoms with E-state index in [2.05, 4.69) is 0 Å². The van der Waals surface area contributed by atoms with Crippen LogP contribution in [0.25, 0.3) is 0 Å². The van der Waals surface area contributed by atoms with Crippen LogP contribution in [-0.4, -0.2) is 32.6 Å². The maximum atomic E-state index is 12.4. The van der Waals surface area contributed by atoms with E-state index in [4.69, 9.17) is 15.8 Å². The van der Waals surface area contributed by atoms with Gasteiger partial charge in [-0.05, 0) is 30.5 Å². The van der Waals surface area contributed by atoms with Gasteiger partial charge in [-0.2, -0.15) is 8.42 Å². The zero-order chi connectivity index (χ0) is 17.5. The molecule has 0 spiro atoms. The van der Waals surface area contributed by atoms with Gasteiger partial charge in [-0.25, -0.2) is 0 Å². The average Bonchev–Trinajstić information content (AvgIpc) is 2.64. The lowest BCUT2D eigenvalue weighted by atomic mass is 9.78. The zero-order valence-electron chi connectivity index (χ0n) is 13.3. The molecule has 0 fully saturated rings. The van der Waals surface area contributed by atoms with E-state index in [1.165, 1.54) is 12.1 Å². The Morgan fingerprint density at radius 2 is 1.58 bits per heavy atom. The van der Waals surface area contributed by atoms with E-state index in [1.54, 1.807) is 18.2 Å². The second kappa shape index (κ2) is 8.62. The van der Waals surface area contributed by atoms with Gasteiger partial charge in [-0.15, -0.1) is 11.6 Å². The highest BCUT2D eigenvalue weighted by atomic mass is 35.5. The summed E-state index contributed by atoms with van der Waals surface area (Å²) in [5.74, 6) is 0.431. The van der Waals surface area contributed by atoms with Crippen LogP contribution in [0, 0.1) is 0 Å². The van der Waals surface area contributed by atoms with E-state index in [0.29, 0.717) is 18.7 Å². The van der Waals surface area contributed by atoms with Crippen LogP contribution in [-0.2, 0) is 19.7 Å². The molecule has 0 aliphatic heterocycles. The maximum absolute atomic E-state index is 12.4. The predicted octanol–water partition coefficient (Wildman–Crippen LogP) is 3.34. The fraction of sp³-hybridized carbons (Fsp3) is 0.333. The Bertz CT molecular complexity index is 719. The third kappa shape index (κ3) is 4.57. The van der Waals surface area contributed by atoms with E-state index >= 15 is 0 Å². The molecule has 0 amide bonds. The van der Waals surface area contributed by atoms with E-state index < -0.39 is 15.5 Å². The van der Waals surface area contributed by atoms with Crippen molar-refractivity contribution >= 4 is 21.7 Å². The molecule has 0 aliphatic rings. The molecule has 6 heteroatoms. The van der Waals surface area contributed by atoms with Gasteiger partial charge in [0.15, 0.2) is 0 Å². The minimum atomic E-state index is -3.88. The summed E-state index contributed by atoms with van der Waals surface area (Å²) in [5, 5.41) is 10.0. The largest absolute Gasteiger partial charge is 0.395 e. The predicted molar refractivity (Wildman–Crippen MR) is 94.7 cm³/mol. The van der Waals surface area contributed by atoms with E-state index in [-0.39, 0.29) is 18.1 Å². The van der Waals surface area contributed by atoms with Crippen molar-refractivity contribution < 1.29 is 17.7 Å². The SMILES string of the molecule is O=S(=O)(OC[C@](CO)(CCCCl)c1ccccc1)c1ccccc1. The Hall–Kier alpha value is -1.40. The molecule has 2 rings (SSSR count). The second-order valence-electron chi connectivity index (χ2n) is 5.63. The molecule has 0 aliphatic carbocycles. The van der Waals surface area contributed by atoms with E-state index in [1.807, 2.05) is 30.3 Å². The Morgan fingerprint density at radius 3 is 2.12 bits per heavy atom. The van der Waals surface area contributed by atoms with Gasteiger partial charge in [0.25, 0.3) is 10.1 Å². The minimum Gasteiger partial charge on any atom is -0.395 e. The van der Waals surface area contributed by atoms with Crippen molar-refractivity contribution in [2.24, 2.45) is 0 Å². The van der Waals surface area contributed by atoms with Crippen LogP contribution in [0.1, 0.15) is 18.4 Å². The molecule has 0 radical (unpaired) electrons. The van der Waals surface area contributed by atoms with Crippen LogP contribution in [0.5, 0.6) is 0 Å². The summed E-state index contributed by atoms with van der Waals surface area (Å²) >= 11 is 5.80. The summed E-state index contributed by atoms with van der Waals surface area (Å²) in [7, 11) is -3.88. The average molecular weight is 369 g/mol. The number of hydrogen-bond donors (Lipinski definition) is 1. The minimum absolute atomic E-state index is 0.0993. The summed E-state index contributed by atoms with van der Waals surface area (Å²) in [6.07, 6.45) is 1.17. The molecule has 0 saturated heterocycles. The number of aliphatic hydroxyl groups is 1. The Kier molecular flexibility index (Phi) is 6.80. The van der Waals surface area contributed by atoms with E-state index in [0.717, 1.165) is 5.56 Å². The number of halogens is 1. The number of alkyl halides is 1. The summed E-state index contributed by atoms with van der Waals surface area (Å²) in [4.78, 5) is 0.0993. The standard InChI is InChI=1S/C18H21ClO4S/c19-13-7-12-18(14-20,16-8-3-1-4-9-16)15-23-24(21,22)17-10-5-2-6-11-17/h1-6,8-11,20H,7,12-15H2/t18-/m1/s1. The zero-order valence-corrected chi connectivity index (χ0v) is 14.8. The molecule has 1 N–H and O–H groups in total. The van der Waals surface area contributed by atoms with Gasteiger partial charge in [0.1, 0.15) is 0 Å². The quantitative estimate of drug-likeness (QED) is 0.544. The first kappa shape index (κ1) is 18.9.